The maximum absolute atomic E-state index is 8.95. The summed E-state index contributed by atoms with van der Waals surface area (Å²) < 4.78 is 5.76. The van der Waals surface area contributed by atoms with E-state index in [-0.39, 0.29) is 0 Å². The topological polar surface area (TPSA) is 33.0 Å². The molecule has 0 saturated heterocycles. The van der Waals surface area contributed by atoms with Gasteiger partial charge in [-0.3, -0.25) is 0 Å². The van der Waals surface area contributed by atoms with Crippen LogP contribution in [0.15, 0.2) is 78.9 Å². The van der Waals surface area contributed by atoms with E-state index in [4.69, 9.17) is 10.00 Å². The Morgan fingerprint density at radius 3 is 2.10 bits per heavy atom. The highest BCUT2D eigenvalue weighted by Crippen LogP contribution is 2.26. The van der Waals surface area contributed by atoms with E-state index in [0.717, 1.165) is 22.6 Å². The highest BCUT2D eigenvalue weighted by molar-refractivity contribution is 5.65. The van der Waals surface area contributed by atoms with Crippen molar-refractivity contribution in [1.82, 2.24) is 0 Å². The van der Waals surface area contributed by atoms with Gasteiger partial charge < -0.3 is 4.74 Å². The van der Waals surface area contributed by atoms with Gasteiger partial charge in [0, 0.05) is 0 Å². The summed E-state index contributed by atoms with van der Waals surface area (Å²) >= 11 is 0. The first-order valence-electron chi connectivity index (χ1n) is 6.69. The maximum Gasteiger partial charge on any atom is 0.127 e. The van der Waals surface area contributed by atoms with Crippen LogP contribution in [0.5, 0.6) is 11.5 Å². The van der Waals surface area contributed by atoms with Gasteiger partial charge in [-0.2, -0.15) is 5.26 Å². The Kier molecular flexibility index (Phi) is 3.66. The maximum atomic E-state index is 8.95. The molecule has 0 aliphatic carbocycles. The predicted molar refractivity (Wildman–Crippen MR) is 83.1 cm³/mol. The van der Waals surface area contributed by atoms with E-state index in [1.54, 1.807) is 6.07 Å². The SMILES string of the molecule is N#Cc1cccc(-c2ccc(Oc3ccccc3)cc2)c1. The third-order valence-corrected chi connectivity index (χ3v) is 3.16. The van der Waals surface area contributed by atoms with Crippen LogP contribution in [-0.2, 0) is 0 Å². The van der Waals surface area contributed by atoms with Gasteiger partial charge in [0.1, 0.15) is 11.5 Å². The average Bonchev–Trinajstić information content (AvgIpc) is 2.56. The zero-order valence-corrected chi connectivity index (χ0v) is 11.4. The summed E-state index contributed by atoms with van der Waals surface area (Å²) in [6.07, 6.45) is 0. The van der Waals surface area contributed by atoms with Crippen molar-refractivity contribution in [2.24, 2.45) is 0 Å². The molecule has 0 unspecified atom stereocenters. The molecule has 0 N–H and O–H groups in total. The minimum Gasteiger partial charge on any atom is -0.457 e. The number of ether oxygens (including phenoxy) is 1. The van der Waals surface area contributed by atoms with Crippen LogP contribution < -0.4 is 4.74 Å². The molecular weight excluding hydrogens is 258 g/mol. The zero-order valence-electron chi connectivity index (χ0n) is 11.4. The normalized spacial score (nSPS) is 9.86. The second-order valence-electron chi connectivity index (χ2n) is 4.63. The summed E-state index contributed by atoms with van der Waals surface area (Å²) in [5.74, 6) is 1.61. The van der Waals surface area contributed by atoms with E-state index < -0.39 is 0 Å². The first-order valence-corrected chi connectivity index (χ1v) is 6.69. The number of nitriles is 1. The summed E-state index contributed by atoms with van der Waals surface area (Å²) in [5.41, 5.74) is 2.75. The Morgan fingerprint density at radius 1 is 0.667 bits per heavy atom. The lowest BCUT2D eigenvalue weighted by Crippen LogP contribution is -1.84. The first kappa shape index (κ1) is 13.0. The fraction of sp³-hybridized carbons (Fsp3) is 0. The summed E-state index contributed by atoms with van der Waals surface area (Å²) in [4.78, 5) is 0. The van der Waals surface area contributed by atoms with E-state index in [1.807, 2.05) is 72.8 Å². The van der Waals surface area contributed by atoms with Gasteiger partial charge in [0.05, 0.1) is 11.6 Å². The predicted octanol–water partition coefficient (Wildman–Crippen LogP) is 5.02. The van der Waals surface area contributed by atoms with Gasteiger partial charge in [-0.15, -0.1) is 0 Å². The van der Waals surface area contributed by atoms with Crippen LogP contribution >= 0.6 is 0 Å². The highest BCUT2D eigenvalue weighted by atomic mass is 16.5. The Labute approximate surface area is 123 Å². The van der Waals surface area contributed by atoms with Gasteiger partial charge in [0.25, 0.3) is 0 Å². The fourth-order valence-corrected chi connectivity index (χ4v) is 2.11. The van der Waals surface area contributed by atoms with Gasteiger partial charge in [-0.25, -0.2) is 0 Å². The third kappa shape index (κ3) is 3.10. The van der Waals surface area contributed by atoms with Crippen molar-refractivity contribution in [3.05, 3.63) is 84.4 Å². The third-order valence-electron chi connectivity index (χ3n) is 3.16. The van der Waals surface area contributed by atoms with Crippen molar-refractivity contribution in [3.63, 3.8) is 0 Å². The van der Waals surface area contributed by atoms with Crippen molar-refractivity contribution in [1.29, 1.82) is 5.26 Å². The Hall–Kier alpha value is -3.05. The smallest absolute Gasteiger partial charge is 0.127 e. The molecule has 0 aromatic heterocycles. The summed E-state index contributed by atoms with van der Waals surface area (Å²) in [6, 6.07) is 27.3. The molecule has 0 radical (unpaired) electrons. The van der Waals surface area contributed by atoms with Crippen LogP contribution in [0.3, 0.4) is 0 Å². The summed E-state index contributed by atoms with van der Waals surface area (Å²) in [5, 5.41) is 8.95. The molecule has 100 valence electrons. The van der Waals surface area contributed by atoms with Crippen molar-refractivity contribution >= 4 is 0 Å². The van der Waals surface area contributed by atoms with Gasteiger partial charge in [-0.05, 0) is 47.5 Å². The molecule has 0 heterocycles. The number of para-hydroxylation sites is 1. The Balaban J connectivity index is 1.82. The quantitative estimate of drug-likeness (QED) is 0.670. The van der Waals surface area contributed by atoms with E-state index in [9.17, 15) is 0 Å². The highest BCUT2D eigenvalue weighted by Gasteiger charge is 2.01. The minimum absolute atomic E-state index is 0.664. The molecule has 0 aliphatic rings. The number of hydrogen-bond acceptors (Lipinski definition) is 2. The molecule has 0 amide bonds. The van der Waals surface area contributed by atoms with Gasteiger partial charge in [0.15, 0.2) is 0 Å². The van der Waals surface area contributed by atoms with Crippen molar-refractivity contribution in [2.45, 2.75) is 0 Å². The molecule has 3 rings (SSSR count). The number of benzene rings is 3. The molecule has 3 aromatic rings. The Bertz CT molecular complexity index is 771. The van der Waals surface area contributed by atoms with Crippen LogP contribution in [-0.4, -0.2) is 0 Å². The lowest BCUT2D eigenvalue weighted by molar-refractivity contribution is 0.483. The first-order chi connectivity index (χ1) is 10.3. The molecule has 0 atom stereocenters. The molecule has 3 aromatic carbocycles. The van der Waals surface area contributed by atoms with Crippen molar-refractivity contribution in [3.8, 4) is 28.7 Å². The largest absolute Gasteiger partial charge is 0.457 e. The average molecular weight is 271 g/mol. The monoisotopic (exact) mass is 271 g/mol. The molecule has 0 bridgehead atoms. The Morgan fingerprint density at radius 2 is 1.38 bits per heavy atom. The molecule has 0 aliphatic heterocycles. The second kappa shape index (κ2) is 5.94. The van der Waals surface area contributed by atoms with Gasteiger partial charge in [-0.1, -0.05) is 42.5 Å². The van der Waals surface area contributed by atoms with Crippen LogP contribution in [0.1, 0.15) is 5.56 Å². The van der Waals surface area contributed by atoms with Gasteiger partial charge in [0.2, 0.25) is 0 Å². The molecule has 0 fully saturated rings. The van der Waals surface area contributed by atoms with Gasteiger partial charge >= 0.3 is 0 Å². The molecular formula is C19H13NO. The summed E-state index contributed by atoms with van der Waals surface area (Å²) in [6.45, 7) is 0. The van der Waals surface area contributed by atoms with Crippen molar-refractivity contribution < 1.29 is 4.74 Å². The van der Waals surface area contributed by atoms with E-state index in [2.05, 4.69) is 6.07 Å². The molecule has 0 spiro atoms. The molecule has 2 nitrogen and oxygen atoms in total. The van der Waals surface area contributed by atoms with E-state index >= 15 is 0 Å². The second-order valence-corrected chi connectivity index (χ2v) is 4.63. The minimum atomic E-state index is 0.664. The van der Waals surface area contributed by atoms with Crippen molar-refractivity contribution in [2.75, 3.05) is 0 Å². The lowest BCUT2D eigenvalue weighted by Gasteiger charge is -2.07. The summed E-state index contributed by atoms with van der Waals surface area (Å²) in [7, 11) is 0. The zero-order chi connectivity index (χ0) is 14.5. The van der Waals surface area contributed by atoms with E-state index in [1.165, 1.54) is 0 Å². The van der Waals surface area contributed by atoms with E-state index in [0.29, 0.717) is 5.56 Å². The number of nitrogens with zero attached hydrogens (tertiary/aromatic N) is 1. The standard InChI is InChI=1S/C19H13NO/c20-14-15-5-4-6-17(13-15)16-9-11-19(12-10-16)21-18-7-2-1-3-8-18/h1-13H. The van der Waals surface area contributed by atoms with Crippen LogP contribution in [0, 0.1) is 11.3 Å². The van der Waals surface area contributed by atoms with Crippen LogP contribution in [0.2, 0.25) is 0 Å². The molecule has 2 heteroatoms. The molecule has 0 saturated carbocycles. The molecule has 21 heavy (non-hydrogen) atoms. The van der Waals surface area contributed by atoms with Crippen LogP contribution in [0.4, 0.5) is 0 Å². The number of rotatable bonds is 3. The fourth-order valence-electron chi connectivity index (χ4n) is 2.11. The van der Waals surface area contributed by atoms with Crippen LogP contribution in [0.25, 0.3) is 11.1 Å². The number of hydrogen-bond donors (Lipinski definition) is 0. The lowest BCUT2D eigenvalue weighted by atomic mass is 10.0.